The predicted octanol–water partition coefficient (Wildman–Crippen LogP) is 2.61. The number of likely N-dealkylation sites (N-methyl/N-ethyl adjacent to an activating group) is 1. The summed E-state index contributed by atoms with van der Waals surface area (Å²) in [6.45, 7) is 5.34. The highest BCUT2D eigenvalue weighted by molar-refractivity contribution is 5.89. The maximum Gasteiger partial charge on any atom is 0.338 e. The Balaban J connectivity index is 0.00000324. The van der Waals surface area contributed by atoms with Crippen molar-refractivity contribution in [3.8, 4) is 5.75 Å². The lowest BCUT2D eigenvalue weighted by atomic mass is 10.2. The third-order valence-electron chi connectivity index (χ3n) is 2.88. The molecule has 0 unspecified atom stereocenters. The number of hydrogen-bond donors (Lipinski definition) is 0. The van der Waals surface area contributed by atoms with Crippen molar-refractivity contribution in [1.29, 1.82) is 0 Å². The summed E-state index contributed by atoms with van der Waals surface area (Å²) in [7, 11) is 3.60. The van der Waals surface area contributed by atoms with Crippen molar-refractivity contribution >= 4 is 18.4 Å². The van der Waals surface area contributed by atoms with E-state index < -0.39 is 0 Å². The summed E-state index contributed by atoms with van der Waals surface area (Å²) in [6.07, 6.45) is 0. The Morgan fingerprint density at radius 2 is 1.84 bits per heavy atom. The zero-order chi connectivity index (χ0) is 13.5. The second kappa shape index (κ2) is 8.77. The Morgan fingerprint density at radius 1 is 1.26 bits per heavy atom. The van der Waals surface area contributed by atoms with Gasteiger partial charge in [-0.25, -0.2) is 4.79 Å². The molecule has 108 valence electrons. The molecule has 1 aromatic rings. The van der Waals surface area contributed by atoms with E-state index in [0.29, 0.717) is 18.2 Å². The molecule has 19 heavy (non-hydrogen) atoms. The monoisotopic (exact) mass is 287 g/mol. The van der Waals surface area contributed by atoms with Crippen LogP contribution < -0.4 is 4.74 Å². The third-order valence-corrected chi connectivity index (χ3v) is 2.88. The zero-order valence-corrected chi connectivity index (χ0v) is 12.7. The average Bonchev–Trinajstić information content (AvgIpc) is 2.38. The first-order valence-corrected chi connectivity index (χ1v) is 6.06. The van der Waals surface area contributed by atoms with Crippen LogP contribution in [0.3, 0.4) is 0 Å². The van der Waals surface area contributed by atoms with E-state index in [1.54, 1.807) is 31.4 Å². The summed E-state index contributed by atoms with van der Waals surface area (Å²) in [5, 5.41) is 0. The molecule has 0 aliphatic carbocycles. The van der Waals surface area contributed by atoms with Crippen LogP contribution in [0.1, 0.15) is 24.2 Å². The lowest BCUT2D eigenvalue weighted by molar-refractivity contribution is 0.0461. The maximum absolute atomic E-state index is 11.7. The molecule has 1 aromatic carbocycles. The molecule has 0 fully saturated rings. The van der Waals surface area contributed by atoms with Crippen LogP contribution in [0.4, 0.5) is 0 Å². The molecule has 0 atom stereocenters. The maximum atomic E-state index is 11.7. The molecule has 0 aliphatic rings. The van der Waals surface area contributed by atoms with E-state index in [9.17, 15) is 4.79 Å². The SMILES string of the molecule is COc1ccc(C(=O)OCCN(C)C(C)C)cc1.Cl. The topological polar surface area (TPSA) is 38.8 Å². The van der Waals surface area contributed by atoms with Crippen molar-refractivity contribution in [3.05, 3.63) is 29.8 Å². The van der Waals surface area contributed by atoms with E-state index in [4.69, 9.17) is 9.47 Å². The number of ether oxygens (including phenoxy) is 2. The molecule has 1 rings (SSSR count). The van der Waals surface area contributed by atoms with E-state index in [-0.39, 0.29) is 18.4 Å². The van der Waals surface area contributed by atoms with Crippen LogP contribution >= 0.6 is 12.4 Å². The highest BCUT2D eigenvalue weighted by Crippen LogP contribution is 2.12. The van der Waals surface area contributed by atoms with Crippen molar-refractivity contribution in [2.24, 2.45) is 0 Å². The molecule has 0 saturated carbocycles. The molecular weight excluding hydrogens is 266 g/mol. The smallest absolute Gasteiger partial charge is 0.338 e. The van der Waals surface area contributed by atoms with Crippen molar-refractivity contribution in [1.82, 2.24) is 4.90 Å². The Morgan fingerprint density at radius 3 is 2.32 bits per heavy atom. The Labute approximate surface area is 121 Å². The molecule has 0 heterocycles. The normalized spacial score (nSPS) is 10.2. The fourth-order valence-electron chi connectivity index (χ4n) is 1.35. The van der Waals surface area contributed by atoms with Gasteiger partial charge in [0.1, 0.15) is 12.4 Å². The van der Waals surface area contributed by atoms with Gasteiger partial charge in [0.25, 0.3) is 0 Å². The molecule has 0 saturated heterocycles. The first kappa shape index (κ1) is 17.7. The van der Waals surface area contributed by atoms with Gasteiger partial charge < -0.3 is 14.4 Å². The Hall–Kier alpha value is -1.26. The lowest BCUT2D eigenvalue weighted by Crippen LogP contribution is -2.30. The zero-order valence-electron chi connectivity index (χ0n) is 11.9. The molecule has 0 radical (unpaired) electrons. The summed E-state index contributed by atoms with van der Waals surface area (Å²) < 4.78 is 10.2. The van der Waals surface area contributed by atoms with Gasteiger partial charge in [0.05, 0.1) is 12.7 Å². The van der Waals surface area contributed by atoms with Gasteiger partial charge in [0.15, 0.2) is 0 Å². The molecular formula is C14H22ClNO3. The second-order valence-electron chi connectivity index (χ2n) is 4.44. The Kier molecular flexibility index (Phi) is 8.19. The minimum atomic E-state index is -0.296. The van der Waals surface area contributed by atoms with Crippen LogP contribution in [-0.4, -0.2) is 44.2 Å². The summed E-state index contributed by atoms with van der Waals surface area (Å²) in [4.78, 5) is 13.8. The summed E-state index contributed by atoms with van der Waals surface area (Å²) in [6, 6.07) is 7.35. The number of nitrogens with zero attached hydrogens (tertiary/aromatic N) is 1. The molecule has 0 spiro atoms. The molecule has 0 aliphatic heterocycles. The standard InChI is InChI=1S/C14H21NO3.ClH/c1-11(2)15(3)9-10-18-14(16)12-5-7-13(17-4)8-6-12;/h5-8,11H,9-10H2,1-4H3;1H. The van der Waals surface area contributed by atoms with Crippen LogP contribution in [-0.2, 0) is 4.74 Å². The van der Waals surface area contributed by atoms with Crippen molar-refractivity contribution in [2.75, 3.05) is 27.3 Å². The van der Waals surface area contributed by atoms with Crippen molar-refractivity contribution in [2.45, 2.75) is 19.9 Å². The van der Waals surface area contributed by atoms with Crippen LogP contribution in [0, 0.1) is 0 Å². The van der Waals surface area contributed by atoms with Crippen LogP contribution in [0.15, 0.2) is 24.3 Å². The Bertz CT molecular complexity index is 379. The number of methoxy groups -OCH3 is 1. The molecule has 4 nitrogen and oxygen atoms in total. The van der Waals surface area contributed by atoms with Crippen LogP contribution in [0.2, 0.25) is 0 Å². The highest BCUT2D eigenvalue weighted by atomic mass is 35.5. The molecule has 0 amide bonds. The number of carbonyl (C=O) groups is 1. The second-order valence-corrected chi connectivity index (χ2v) is 4.44. The van der Waals surface area contributed by atoms with Gasteiger partial charge in [-0.3, -0.25) is 0 Å². The fourth-order valence-corrected chi connectivity index (χ4v) is 1.35. The number of rotatable bonds is 6. The quantitative estimate of drug-likeness (QED) is 0.754. The summed E-state index contributed by atoms with van der Waals surface area (Å²) in [5.74, 6) is 0.431. The van der Waals surface area contributed by atoms with E-state index in [1.807, 2.05) is 7.05 Å². The summed E-state index contributed by atoms with van der Waals surface area (Å²) >= 11 is 0. The number of esters is 1. The number of hydrogen-bond acceptors (Lipinski definition) is 4. The first-order valence-electron chi connectivity index (χ1n) is 6.06. The van der Waals surface area contributed by atoms with E-state index in [2.05, 4.69) is 18.7 Å². The van der Waals surface area contributed by atoms with E-state index in [0.717, 1.165) is 12.3 Å². The van der Waals surface area contributed by atoms with Crippen LogP contribution in [0.5, 0.6) is 5.75 Å². The van der Waals surface area contributed by atoms with Gasteiger partial charge in [-0.15, -0.1) is 12.4 Å². The number of benzene rings is 1. The summed E-state index contributed by atoms with van der Waals surface area (Å²) in [5.41, 5.74) is 0.544. The highest BCUT2D eigenvalue weighted by Gasteiger charge is 2.08. The molecule has 0 aromatic heterocycles. The van der Waals surface area contributed by atoms with Gasteiger partial charge in [-0.2, -0.15) is 0 Å². The largest absolute Gasteiger partial charge is 0.497 e. The molecule has 5 heteroatoms. The van der Waals surface area contributed by atoms with Gasteiger partial charge in [0, 0.05) is 12.6 Å². The van der Waals surface area contributed by atoms with Gasteiger partial charge in [0.2, 0.25) is 0 Å². The minimum Gasteiger partial charge on any atom is -0.497 e. The lowest BCUT2D eigenvalue weighted by Gasteiger charge is -2.20. The van der Waals surface area contributed by atoms with Gasteiger partial charge in [-0.05, 0) is 45.2 Å². The van der Waals surface area contributed by atoms with Crippen molar-refractivity contribution in [3.63, 3.8) is 0 Å². The number of halogens is 1. The first-order chi connectivity index (χ1) is 8.54. The van der Waals surface area contributed by atoms with Gasteiger partial charge >= 0.3 is 5.97 Å². The molecule has 0 N–H and O–H groups in total. The fraction of sp³-hybridized carbons (Fsp3) is 0.500. The van der Waals surface area contributed by atoms with Crippen molar-refractivity contribution < 1.29 is 14.3 Å². The number of carbonyl (C=O) groups excluding carboxylic acids is 1. The third kappa shape index (κ3) is 5.94. The average molecular weight is 288 g/mol. The predicted molar refractivity (Wildman–Crippen MR) is 78.3 cm³/mol. The molecule has 0 bridgehead atoms. The van der Waals surface area contributed by atoms with Crippen LogP contribution in [0.25, 0.3) is 0 Å². The minimum absolute atomic E-state index is 0. The van der Waals surface area contributed by atoms with E-state index >= 15 is 0 Å². The van der Waals surface area contributed by atoms with E-state index in [1.165, 1.54) is 0 Å². The van der Waals surface area contributed by atoms with Gasteiger partial charge in [-0.1, -0.05) is 0 Å².